The van der Waals surface area contributed by atoms with E-state index in [1.54, 1.807) is 37.3 Å². The van der Waals surface area contributed by atoms with Gasteiger partial charge in [-0.2, -0.15) is 0 Å². The molecule has 0 saturated heterocycles. The zero-order valence-corrected chi connectivity index (χ0v) is 12.8. The zero-order chi connectivity index (χ0) is 15.4. The van der Waals surface area contributed by atoms with Crippen molar-refractivity contribution in [3.8, 4) is 5.75 Å². The minimum Gasteiger partial charge on any atom is -0.488 e. The van der Waals surface area contributed by atoms with Crippen LogP contribution in [0.5, 0.6) is 5.75 Å². The Balaban J connectivity index is 2.23. The van der Waals surface area contributed by atoms with Crippen LogP contribution in [-0.2, 0) is 6.61 Å². The Kier molecular flexibility index (Phi) is 4.70. The van der Waals surface area contributed by atoms with Crippen molar-refractivity contribution < 1.29 is 14.5 Å². The number of carbonyl (C=O) groups is 1. The van der Waals surface area contributed by atoms with Gasteiger partial charge in [-0.05, 0) is 30.7 Å². The summed E-state index contributed by atoms with van der Waals surface area (Å²) in [5, 5.41) is 10.9. The van der Waals surface area contributed by atoms with Gasteiger partial charge in [-0.1, -0.05) is 28.1 Å². The zero-order valence-electron chi connectivity index (χ0n) is 11.2. The molecule has 0 aliphatic carbocycles. The molecule has 0 aliphatic rings. The Morgan fingerprint density at radius 2 is 2.10 bits per heavy atom. The number of carbonyl (C=O) groups excluding carboxylic acids is 1. The summed E-state index contributed by atoms with van der Waals surface area (Å²) in [5.74, 6) is 0.444. The lowest BCUT2D eigenvalue weighted by Gasteiger charge is -2.10. The summed E-state index contributed by atoms with van der Waals surface area (Å²) in [4.78, 5) is 21.5. The molecule has 6 heteroatoms. The monoisotopic (exact) mass is 349 g/mol. The molecule has 0 amide bonds. The fourth-order valence-electron chi connectivity index (χ4n) is 1.92. The second-order valence-electron chi connectivity index (χ2n) is 4.41. The van der Waals surface area contributed by atoms with Crippen LogP contribution in [0, 0.1) is 17.0 Å². The third-order valence-electron chi connectivity index (χ3n) is 3.10. The molecule has 0 N–H and O–H groups in total. The van der Waals surface area contributed by atoms with Crippen LogP contribution in [0.3, 0.4) is 0 Å². The lowest BCUT2D eigenvalue weighted by molar-refractivity contribution is -0.385. The van der Waals surface area contributed by atoms with Crippen molar-refractivity contribution in [3.05, 3.63) is 67.7 Å². The van der Waals surface area contributed by atoms with Gasteiger partial charge in [0.25, 0.3) is 5.69 Å². The van der Waals surface area contributed by atoms with E-state index in [1.807, 2.05) is 0 Å². The van der Waals surface area contributed by atoms with Gasteiger partial charge < -0.3 is 4.74 Å². The standard InChI is InChI=1S/C15H12BrNO4/c1-10-11(3-2-4-14(10)17(19)20)9-21-15-6-5-13(16)7-12(15)8-18/h2-8H,9H2,1H3. The molecule has 21 heavy (non-hydrogen) atoms. The Morgan fingerprint density at radius 3 is 2.76 bits per heavy atom. The van der Waals surface area contributed by atoms with Gasteiger partial charge in [0.1, 0.15) is 12.4 Å². The average molecular weight is 350 g/mol. The van der Waals surface area contributed by atoms with Gasteiger partial charge in [0, 0.05) is 16.1 Å². The van der Waals surface area contributed by atoms with Crippen molar-refractivity contribution in [2.75, 3.05) is 0 Å². The molecule has 0 aliphatic heterocycles. The number of nitrogens with zero attached hydrogens (tertiary/aromatic N) is 1. The van der Waals surface area contributed by atoms with E-state index >= 15 is 0 Å². The maximum Gasteiger partial charge on any atom is 0.272 e. The highest BCUT2D eigenvalue weighted by atomic mass is 79.9. The van der Waals surface area contributed by atoms with Crippen LogP contribution in [0.25, 0.3) is 0 Å². The largest absolute Gasteiger partial charge is 0.488 e. The van der Waals surface area contributed by atoms with Crippen molar-refractivity contribution in [2.24, 2.45) is 0 Å². The van der Waals surface area contributed by atoms with Crippen LogP contribution in [-0.4, -0.2) is 11.2 Å². The first kappa shape index (κ1) is 15.2. The molecule has 0 bridgehead atoms. The number of rotatable bonds is 5. The molecule has 0 saturated carbocycles. The van der Waals surface area contributed by atoms with Crippen molar-refractivity contribution in [1.29, 1.82) is 0 Å². The molecule has 2 rings (SSSR count). The molecule has 2 aromatic carbocycles. The third-order valence-corrected chi connectivity index (χ3v) is 3.59. The molecule has 0 spiro atoms. The van der Waals surface area contributed by atoms with E-state index in [4.69, 9.17) is 4.74 Å². The van der Waals surface area contributed by atoms with E-state index in [0.717, 1.165) is 4.47 Å². The van der Waals surface area contributed by atoms with Gasteiger partial charge in [-0.3, -0.25) is 14.9 Å². The Hall–Kier alpha value is -2.21. The number of halogens is 1. The smallest absolute Gasteiger partial charge is 0.272 e. The molecule has 0 aromatic heterocycles. The minimum atomic E-state index is -0.421. The number of benzene rings is 2. The number of nitro benzene ring substituents is 1. The summed E-state index contributed by atoms with van der Waals surface area (Å²) >= 11 is 3.28. The summed E-state index contributed by atoms with van der Waals surface area (Å²) in [6.07, 6.45) is 0.709. The number of aldehydes is 1. The van der Waals surface area contributed by atoms with E-state index in [0.29, 0.717) is 28.7 Å². The van der Waals surface area contributed by atoms with Crippen LogP contribution in [0.1, 0.15) is 21.5 Å². The molecule has 0 heterocycles. The first-order valence-electron chi connectivity index (χ1n) is 6.13. The number of hydrogen-bond donors (Lipinski definition) is 0. The van der Waals surface area contributed by atoms with Gasteiger partial charge in [-0.25, -0.2) is 0 Å². The van der Waals surface area contributed by atoms with Crippen molar-refractivity contribution in [1.82, 2.24) is 0 Å². The third kappa shape index (κ3) is 3.46. The van der Waals surface area contributed by atoms with Gasteiger partial charge in [-0.15, -0.1) is 0 Å². The summed E-state index contributed by atoms with van der Waals surface area (Å²) in [7, 11) is 0. The summed E-state index contributed by atoms with van der Waals surface area (Å²) in [6, 6.07) is 9.94. The second-order valence-corrected chi connectivity index (χ2v) is 5.32. The summed E-state index contributed by atoms with van der Waals surface area (Å²) < 4.78 is 6.39. The first-order valence-corrected chi connectivity index (χ1v) is 6.92. The highest BCUT2D eigenvalue weighted by Gasteiger charge is 2.14. The molecule has 108 valence electrons. The maximum atomic E-state index is 11.0. The predicted octanol–water partition coefficient (Wildman–Crippen LogP) is 4.06. The molecular weight excluding hydrogens is 338 g/mol. The highest BCUT2D eigenvalue weighted by Crippen LogP contribution is 2.25. The van der Waals surface area contributed by atoms with Gasteiger partial charge in [0.05, 0.1) is 10.5 Å². The number of nitro groups is 1. The van der Waals surface area contributed by atoms with Gasteiger partial charge in [0.15, 0.2) is 6.29 Å². The van der Waals surface area contributed by atoms with Gasteiger partial charge >= 0.3 is 0 Å². The van der Waals surface area contributed by atoms with E-state index in [1.165, 1.54) is 6.07 Å². The van der Waals surface area contributed by atoms with Crippen molar-refractivity contribution >= 4 is 27.9 Å². The van der Waals surface area contributed by atoms with Crippen molar-refractivity contribution in [2.45, 2.75) is 13.5 Å². The highest BCUT2D eigenvalue weighted by molar-refractivity contribution is 9.10. The Bertz CT molecular complexity index is 700. The van der Waals surface area contributed by atoms with E-state index in [2.05, 4.69) is 15.9 Å². The topological polar surface area (TPSA) is 69.4 Å². The van der Waals surface area contributed by atoms with E-state index < -0.39 is 4.92 Å². The summed E-state index contributed by atoms with van der Waals surface area (Å²) in [5.41, 5.74) is 1.76. The normalized spacial score (nSPS) is 10.2. The molecule has 5 nitrogen and oxygen atoms in total. The fourth-order valence-corrected chi connectivity index (χ4v) is 2.30. The number of hydrogen-bond acceptors (Lipinski definition) is 4. The first-order chi connectivity index (χ1) is 10.0. The second kappa shape index (κ2) is 6.49. The van der Waals surface area contributed by atoms with Crippen LogP contribution >= 0.6 is 15.9 Å². The van der Waals surface area contributed by atoms with Crippen LogP contribution in [0.15, 0.2) is 40.9 Å². The van der Waals surface area contributed by atoms with Gasteiger partial charge in [0.2, 0.25) is 0 Å². The van der Waals surface area contributed by atoms with E-state index in [-0.39, 0.29) is 12.3 Å². The minimum absolute atomic E-state index is 0.0579. The van der Waals surface area contributed by atoms with Crippen molar-refractivity contribution in [3.63, 3.8) is 0 Å². The lowest BCUT2D eigenvalue weighted by Crippen LogP contribution is -2.02. The Labute approximate surface area is 129 Å². The number of ether oxygens (including phenoxy) is 1. The fraction of sp³-hybridized carbons (Fsp3) is 0.133. The average Bonchev–Trinajstić information content (AvgIpc) is 2.46. The van der Waals surface area contributed by atoms with Crippen LogP contribution < -0.4 is 4.74 Å². The summed E-state index contributed by atoms with van der Waals surface area (Å²) in [6.45, 7) is 1.84. The quantitative estimate of drug-likeness (QED) is 0.463. The molecule has 0 atom stereocenters. The molecule has 0 unspecified atom stereocenters. The van der Waals surface area contributed by atoms with E-state index in [9.17, 15) is 14.9 Å². The molecule has 2 aromatic rings. The SMILES string of the molecule is Cc1c(COc2ccc(Br)cc2C=O)cccc1[N+](=O)[O-]. The maximum absolute atomic E-state index is 11.0. The predicted molar refractivity (Wildman–Crippen MR) is 81.7 cm³/mol. The molecule has 0 fully saturated rings. The molecular formula is C15H12BrNO4. The van der Waals surface area contributed by atoms with Crippen LogP contribution in [0.2, 0.25) is 0 Å². The Morgan fingerprint density at radius 1 is 1.33 bits per heavy atom. The lowest BCUT2D eigenvalue weighted by atomic mass is 10.1. The molecule has 0 radical (unpaired) electrons. The van der Waals surface area contributed by atoms with Crippen LogP contribution in [0.4, 0.5) is 5.69 Å².